The highest BCUT2D eigenvalue weighted by atomic mass is 16.7. The van der Waals surface area contributed by atoms with E-state index in [-0.39, 0.29) is 0 Å². The van der Waals surface area contributed by atoms with Crippen LogP contribution in [-0.2, 0) is 23.9 Å². The summed E-state index contributed by atoms with van der Waals surface area (Å²) >= 11 is 0. The van der Waals surface area contributed by atoms with Crippen molar-refractivity contribution in [3.05, 3.63) is 25.3 Å². The lowest BCUT2D eigenvalue weighted by atomic mass is 10.1. The molecule has 0 aliphatic heterocycles. The molecule has 0 aliphatic carbocycles. The Morgan fingerprint density at radius 1 is 1.29 bits per heavy atom. The van der Waals surface area contributed by atoms with E-state index in [4.69, 9.17) is 9.47 Å². The van der Waals surface area contributed by atoms with Gasteiger partial charge in [0.05, 0.1) is 0 Å². The summed E-state index contributed by atoms with van der Waals surface area (Å²) in [7, 11) is 0. The number of isocyanates is 1. The fourth-order valence-electron chi connectivity index (χ4n) is 0.871. The normalized spacial score (nSPS) is 11.6. The maximum Gasteiger partial charge on any atom is 0.333 e. The van der Waals surface area contributed by atoms with Crippen molar-refractivity contribution in [1.82, 2.24) is 0 Å². The van der Waals surface area contributed by atoms with Crippen LogP contribution in [0.15, 0.2) is 30.3 Å². The van der Waals surface area contributed by atoms with Crippen molar-refractivity contribution in [2.45, 2.75) is 25.7 Å². The molecule has 6 heteroatoms. The average molecular weight is 239 g/mol. The molecule has 0 N–H and O–H groups in total. The minimum atomic E-state index is -1.71. The Kier molecular flexibility index (Phi) is 5.57. The zero-order valence-electron chi connectivity index (χ0n) is 9.63. The Bertz CT molecular complexity index is 359. The zero-order chi connectivity index (χ0) is 13.5. The largest absolute Gasteiger partial charge is 0.417 e. The van der Waals surface area contributed by atoms with Gasteiger partial charge in [0.25, 0.3) is 5.79 Å². The van der Waals surface area contributed by atoms with Crippen LogP contribution in [0.25, 0.3) is 0 Å². The van der Waals surface area contributed by atoms with Crippen molar-refractivity contribution in [3.63, 3.8) is 0 Å². The van der Waals surface area contributed by atoms with Crippen LogP contribution in [0, 0.1) is 0 Å². The Morgan fingerprint density at radius 3 is 2.00 bits per heavy atom. The third-order valence-corrected chi connectivity index (χ3v) is 1.95. The molecule has 0 aromatic carbocycles. The minimum Gasteiger partial charge on any atom is -0.417 e. The number of nitrogens with zero attached hydrogens (tertiary/aromatic N) is 1. The van der Waals surface area contributed by atoms with Gasteiger partial charge in [-0.1, -0.05) is 13.2 Å². The van der Waals surface area contributed by atoms with Gasteiger partial charge >= 0.3 is 11.9 Å². The maximum absolute atomic E-state index is 11.1. The summed E-state index contributed by atoms with van der Waals surface area (Å²) in [5, 5.41) is 0. The molecule has 6 nitrogen and oxygen atoms in total. The van der Waals surface area contributed by atoms with Crippen molar-refractivity contribution in [2.75, 3.05) is 0 Å². The van der Waals surface area contributed by atoms with E-state index in [1.165, 1.54) is 19.9 Å². The SMILES string of the molecule is C=CC(=O)OC(C)(OC(=O)C=C)C(C)N=C=O. The van der Waals surface area contributed by atoms with Gasteiger partial charge in [-0.3, -0.25) is 0 Å². The molecule has 0 rings (SSSR count). The topological polar surface area (TPSA) is 82.0 Å². The van der Waals surface area contributed by atoms with Crippen LogP contribution in [-0.4, -0.2) is 29.8 Å². The summed E-state index contributed by atoms with van der Waals surface area (Å²) < 4.78 is 9.71. The number of esters is 2. The molecule has 0 aromatic rings. The third-order valence-electron chi connectivity index (χ3n) is 1.95. The van der Waals surface area contributed by atoms with Crippen molar-refractivity contribution in [3.8, 4) is 0 Å². The number of ether oxygens (including phenoxy) is 2. The van der Waals surface area contributed by atoms with Crippen LogP contribution >= 0.6 is 0 Å². The smallest absolute Gasteiger partial charge is 0.333 e. The van der Waals surface area contributed by atoms with E-state index >= 15 is 0 Å². The first kappa shape index (κ1) is 14.8. The van der Waals surface area contributed by atoms with Crippen LogP contribution in [0.5, 0.6) is 0 Å². The lowest BCUT2D eigenvalue weighted by Gasteiger charge is -2.30. The second-order valence-corrected chi connectivity index (χ2v) is 3.16. The highest BCUT2D eigenvalue weighted by molar-refractivity contribution is 5.83. The molecule has 0 bridgehead atoms. The molecule has 0 saturated heterocycles. The molecular weight excluding hydrogens is 226 g/mol. The van der Waals surface area contributed by atoms with Crippen molar-refractivity contribution >= 4 is 18.0 Å². The minimum absolute atomic E-state index is 0.808. The number of hydrogen-bond donors (Lipinski definition) is 0. The third kappa shape index (κ3) is 4.44. The van der Waals surface area contributed by atoms with Gasteiger partial charge in [-0.05, 0) is 6.92 Å². The van der Waals surface area contributed by atoms with Gasteiger partial charge < -0.3 is 9.47 Å². The zero-order valence-corrected chi connectivity index (χ0v) is 9.63. The molecule has 92 valence electrons. The van der Waals surface area contributed by atoms with E-state index in [2.05, 4.69) is 18.2 Å². The van der Waals surface area contributed by atoms with E-state index in [1.54, 1.807) is 0 Å². The van der Waals surface area contributed by atoms with E-state index in [0.717, 1.165) is 12.2 Å². The lowest BCUT2D eigenvalue weighted by Crippen LogP contribution is -2.45. The molecule has 17 heavy (non-hydrogen) atoms. The molecule has 0 amide bonds. The van der Waals surface area contributed by atoms with Crippen LogP contribution < -0.4 is 0 Å². The van der Waals surface area contributed by atoms with Gasteiger partial charge in [0.1, 0.15) is 6.04 Å². The number of hydrogen-bond acceptors (Lipinski definition) is 6. The second-order valence-electron chi connectivity index (χ2n) is 3.16. The van der Waals surface area contributed by atoms with E-state index < -0.39 is 23.8 Å². The first-order chi connectivity index (χ1) is 7.89. The van der Waals surface area contributed by atoms with Gasteiger partial charge in [0, 0.05) is 19.1 Å². The second kappa shape index (κ2) is 6.40. The standard InChI is InChI=1S/C11H13NO5/c1-5-9(14)16-11(4,8(3)12-7-13)17-10(15)6-2/h5-6,8H,1-2H2,3-4H3. The Balaban J connectivity index is 5.10. The first-order valence-corrected chi connectivity index (χ1v) is 4.67. The molecule has 0 heterocycles. The molecule has 0 fully saturated rings. The molecule has 1 atom stereocenters. The Labute approximate surface area is 98.6 Å². The monoisotopic (exact) mass is 239 g/mol. The predicted octanol–water partition coefficient (Wildman–Crippen LogP) is 0.885. The molecule has 0 aliphatic rings. The van der Waals surface area contributed by atoms with E-state index in [9.17, 15) is 14.4 Å². The van der Waals surface area contributed by atoms with Crippen LogP contribution in [0.2, 0.25) is 0 Å². The summed E-state index contributed by atoms with van der Waals surface area (Å²) in [4.78, 5) is 35.7. The summed E-state index contributed by atoms with van der Waals surface area (Å²) in [5.41, 5.74) is 0. The van der Waals surface area contributed by atoms with E-state index in [0.29, 0.717) is 0 Å². The number of carbonyl (C=O) groups excluding carboxylic acids is 3. The van der Waals surface area contributed by atoms with Crippen molar-refractivity contribution < 1.29 is 23.9 Å². The fourth-order valence-corrected chi connectivity index (χ4v) is 0.871. The molecular formula is C11H13NO5. The van der Waals surface area contributed by atoms with Gasteiger partial charge in [0.2, 0.25) is 6.08 Å². The summed E-state index contributed by atoms with van der Waals surface area (Å²) in [6, 6.07) is -0.909. The maximum atomic E-state index is 11.1. The highest BCUT2D eigenvalue weighted by Gasteiger charge is 2.39. The average Bonchev–Trinajstić information content (AvgIpc) is 2.28. The van der Waals surface area contributed by atoms with Crippen LogP contribution in [0.4, 0.5) is 0 Å². The van der Waals surface area contributed by atoms with Crippen LogP contribution in [0.1, 0.15) is 13.8 Å². The molecule has 0 radical (unpaired) electrons. The number of aliphatic imine (C=N–C) groups is 1. The lowest BCUT2D eigenvalue weighted by molar-refractivity contribution is -0.221. The summed E-state index contributed by atoms with van der Waals surface area (Å²) in [5.74, 6) is -3.33. The fraction of sp³-hybridized carbons (Fsp3) is 0.364. The predicted molar refractivity (Wildman–Crippen MR) is 58.6 cm³/mol. The van der Waals surface area contributed by atoms with Gasteiger partial charge in [-0.2, -0.15) is 4.99 Å². The molecule has 0 aromatic heterocycles. The Morgan fingerprint density at radius 2 is 1.71 bits per heavy atom. The highest BCUT2D eigenvalue weighted by Crippen LogP contribution is 2.21. The van der Waals surface area contributed by atoms with Gasteiger partial charge in [0.15, 0.2) is 0 Å². The van der Waals surface area contributed by atoms with Gasteiger partial charge in [-0.25, -0.2) is 14.4 Å². The summed E-state index contributed by atoms with van der Waals surface area (Å²) in [6.07, 6.45) is 3.10. The Hall–Kier alpha value is -2.20. The first-order valence-electron chi connectivity index (χ1n) is 4.67. The summed E-state index contributed by atoms with van der Waals surface area (Å²) in [6.45, 7) is 9.13. The van der Waals surface area contributed by atoms with Crippen molar-refractivity contribution in [1.29, 1.82) is 0 Å². The van der Waals surface area contributed by atoms with Gasteiger partial charge in [-0.15, -0.1) is 0 Å². The molecule has 0 spiro atoms. The number of rotatable bonds is 6. The molecule has 0 saturated carbocycles. The van der Waals surface area contributed by atoms with Crippen LogP contribution in [0.3, 0.4) is 0 Å². The van der Waals surface area contributed by atoms with Crippen molar-refractivity contribution in [2.24, 2.45) is 4.99 Å². The molecule has 1 unspecified atom stereocenters. The van der Waals surface area contributed by atoms with E-state index in [1.807, 2.05) is 0 Å². The number of carbonyl (C=O) groups is 2. The quantitative estimate of drug-likeness (QED) is 0.226.